The molecule has 1 atom stereocenters. The van der Waals surface area contributed by atoms with Crippen LogP contribution in [0.25, 0.3) is 0 Å². The summed E-state index contributed by atoms with van der Waals surface area (Å²) in [7, 11) is 0. The van der Waals surface area contributed by atoms with E-state index in [0.717, 1.165) is 24.7 Å². The summed E-state index contributed by atoms with van der Waals surface area (Å²) in [5.74, 6) is 0.563. The van der Waals surface area contributed by atoms with Crippen LogP contribution in [0.15, 0.2) is 0 Å². The molecular weight excluding hydrogens is 242 g/mol. The number of nitrogens with zero attached hydrogens (tertiary/aromatic N) is 1. The van der Waals surface area contributed by atoms with E-state index in [1.807, 2.05) is 0 Å². The molecule has 0 saturated heterocycles. The van der Waals surface area contributed by atoms with Gasteiger partial charge < -0.3 is 4.90 Å². The third-order valence-electron chi connectivity index (χ3n) is 2.74. The lowest BCUT2D eigenvalue weighted by molar-refractivity contribution is -0.135. The summed E-state index contributed by atoms with van der Waals surface area (Å²) >= 11 is 3.41. The largest absolute Gasteiger partial charge is 0.339 e. The van der Waals surface area contributed by atoms with E-state index in [4.69, 9.17) is 0 Å². The molecule has 0 N–H and O–H groups in total. The van der Waals surface area contributed by atoms with Crippen LogP contribution in [0.5, 0.6) is 0 Å². The lowest BCUT2D eigenvalue weighted by Gasteiger charge is -2.24. The minimum absolute atomic E-state index is 0.208. The van der Waals surface area contributed by atoms with Crippen molar-refractivity contribution in [2.45, 2.75) is 45.6 Å². The SMILES string of the molecule is CCCC(C)C(=O)N(CCBr)C1CC1. The molecule has 0 aliphatic heterocycles. The van der Waals surface area contributed by atoms with Gasteiger partial charge in [-0.2, -0.15) is 0 Å². The zero-order chi connectivity index (χ0) is 10.6. The van der Waals surface area contributed by atoms with E-state index in [2.05, 4.69) is 34.7 Å². The molecule has 1 aliphatic rings. The topological polar surface area (TPSA) is 20.3 Å². The highest BCUT2D eigenvalue weighted by molar-refractivity contribution is 9.09. The average Bonchev–Trinajstić information content (AvgIpc) is 2.97. The second kappa shape index (κ2) is 5.74. The number of carbonyl (C=O) groups excluding carboxylic acids is 1. The first-order valence-corrected chi connectivity index (χ1v) is 6.69. The second-order valence-corrected chi connectivity index (χ2v) is 4.93. The third-order valence-corrected chi connectivity index (χ3v) is 3.09. The molecule has 2 nitrogen and oxygen atoms in total. The standard InChI is InChI=1S/C11H20BrNO/c1-3-4-9(2)11(14)13(8-7-12)10-5-6-10/h9-10H,3-8H2,1-2H3. The summed E-state index contributed by atoms with van der Waals surface area (Å²) in [6.45, 7) is 5.06. The Kier molecular flexibility index (Phi) is 4.93. The van der Waals surface area contributed by atoms with Crippen molar-refractivity contribution in [2.24, 2.45) is 5.92 Å². The van der Waals surface area contributed by atoms with Gasteiger partial charge in [-0.15, -0.1) is 0 Å². The normalized spacial score (nSPS) is 17.9. The number of alkyl halides is 1. The highest BCUT2D eigenvalue weighted by Gasteiger charge is 2.33. The van der Waals surface area contributed by atoms with Crippen molar-refractivity contribution in [1.82, 2.24) is 4.90 Å². The minimum Gasteiger partial charge on any atom is -0.339 e. The molecule has 82 valence electrons. The summed E-state index contributed by atoms with van der Waals surface area (Å²) in [6, 6.07) is 0.555. The number of hydrogen-bond donors (Lipinski definition) is 0. The van der Waals surface area contributed by atoms with Crippen molar-refractivity contribution in [3.05, 3.63) is 0 Å². The van der Waals surface area contributed by atoms with E-state index in [1.165, 1.54) is 12.8 Å². The van der Waals surface area contributed by atoms with Crippen LogP contribution in [0.2, 0.25) is 0 Å². The Morgan fingerprint density at radius 1 is 1.57 bits per heavy atom. The van der Waals surface area contributed by atoms with Gasteiger partial charge in [-0.05, 0) is 19.3 Å². The van der Waals surface area contributed by atoms with Gasteiger partial charge in [-0.1, -0.05) is 36.2 Å². The predicted octanol–water partition coefficient (Wildman–Crippen LogP) is 2.81. The number of rotatable bonds is 6. The molecule has 1 amide bonds. The van der Waals surface area contributed by atoms with Crippen LogP contribution >= 0.6 is 15.9 Å². The Morgan fingerprint density at radius 3 is 2.64 bits per heavy atom. The van der Waals surface area contributed by atoms with Gasteiger partial charge in [0, 0.05) is 23.8 Å². The first-order valence-electron chi connectivity index (χ1n) is 5.57. The molecule has 0 aromatic rings. The zero-order valence-corrected chi connectivity index (χ0v) is 10.7. The fraction of sp³-hybridized carbons (Fsp3) is 0.909. The predicted molar refractivity (Wildman–Crippen MR) is 62.6 cm³/mol. The van der Waals surface area contributed by atoms with Crippen LogP contribution in [-0.4, -0.2) is 28.7 Å². The number of hydrogen-bond acceptors (Lipinski definition) is 1. The summed E-state index contributed by atoms with van der Waals surface area (Å²) in [5.41, 5.74) is 0. The van der Waals surface area contributed by atoms with Gasteiger partial charge in [0.2, 0.25) is 5.91 Å². The molecule has 1 fully saturated rings. The van der Waals surface area contributed by atoms with Crippen LogP contribution in [0.3, 0.4) is 0 Å². The van der Waals surface area contributed by atoms with Crippen molar-refractivity contribution in [2.75, 3.05) is 11.9 Å². The second-order valence-electron chi connectivity index (χ2n) is 4.14. The Morgan fingerprint density at radius 2 is 2.21 bits per heavy atom. The summed E-state index contributed by atoms with van der Waals surface area (Å²) in [5, 5.41) is 0.897. The van der Waals surface area contributed by atoms with Gasteiger partial charge in [0.25, 0.3) is 0 Å². The van der Waals surface area contributed by atoms with Gasteiger partial charge in [0.15, 0.2) is 0 Å². The van der Waals surface area contributed by atoms with Crippen LogP contribution in [-0.2, 0) is 4.79 Å². The first-order chi connectivity index (χ1) is 6.70. The van der Waals surface area contributed by atoms with E-state index >= 15 is 0 Å². The lowest BCUT2D eigenvalue weighted by Crippen LogP contribution is -2.38. The summed E-state index contributed by atoms with van der Waals surface area (Å²) < 4.78 is 0. The van der Waals surface area contributed by atoms with Crippen LogP contribution in [0, 0.1) is 5.92 Å². The monoisotopic (exact) mass is 261 g/mol. The van der Waals surface area contributed by atoms with Crippen LogP contribution in [0.4, 0.5) is 0 Å². The average molecular weight is 262 g/mol. The fourth-order valence-corrected chi connectivity index (χ4v) is 2.17. The molecule has 3 heteroatoms. The fourth-order valence-electron chi connectivity index (χ4n) is 1.79. The number of carbonyl (C=O) groups is 1. The number of halogens is 1. The van der Waals surface area contributed by atoms with Crippen molar-refractivity contribution >= 4 is 21.8 Å². The quantitative estimate of drug-likeness (QED) is 0.674. The lowest BCUT2D eigenvalue weighted by atomic mass is 10.0. The van der Waals surface area contributed by atoms with Crippen molar-refractivity contribution in [1.29, 1.82) is 0 Å². The van der Waals surface area contributed by atoms with Crippen molar-refractivity contribution in [3.63, 3.8) is 0 Å². The molecule has 0 heterocycles. The molecule has 1 aliphatic carbocycles. The molecule has 0 bridgehead atoms. The molecular formula is C11H20BrNO. The van der Waals surface area contributed by atoms with Gasteiger partial charge in [-0.25, -0.2) is 0 Å². The van der Waals surface area contributed by atoms with E-state index in [9.17, 15) is 4.79 Å². The van der Waals surface area contributed by atoms with Gasteiger partial charge in [0.1, 0.15) is 0 Å². The summed E-state index contributed by atoms with van der Waals surface area (Å²) in [6.07, 6.45) is 4.53. The molecule has 0 aromatic carbocycles. The molecule has 1 rings (SSSR count). The van der Waals surface area contributed by atoms with E-state index in [-0.39, 0.29) is 5.92 Å². The maximum absolute atomic E-state index is 12.0. The van der Waals surface area contributed by atoms with Crippen molar-refractivity contribution < 1.29 is 4.79 Å². The van der Waals surface area contributed by atoms with E-state index < -0.39 is 0 Å². The Balaban J connectivity index is 2.44. The maximum Gasteiger partial charge on any atom is 0.225 e. The molecule has 0 radical (unpaired) electrons. The van der Waals surface area contributed by atoms with Gasteiger partial charge >= 0.3 is 0 Å². The third kappa shape index (κ3) is 3.26. The van der Waals surface area contributed by atoms with E-state index in [1.54, 1.807) is 0 Å². The molecule has 0 spiro atoms. The zero-order valence-electron chi connectivity index (χ0n) is 9.13. The molecule has 1 saturated carbocycles. The molecule has 1 unspecified atom stereocenters. The van der Waals surface area contributed by atoms with Crippen LogP contribution < -0.4 is 0 Å². The van der Waals surface area contributed by atoms with Gasteiger partial charge in [-0.3, -0.25) is 4.79 Å². The number of amides is 1. The molecule has 14 heavy (non-hydrogen) atoms. The Bertz CT molecular complexity index is 192. The van der Waals surface area contributed by atoms with E-state index in [0.29, 0.717) is 11.9 Å². The highest BCUT2D eigenvalue weighted by Crippen LogP contribution is 2.28. The first kappa shape index (κ1) is 12.0. The highest BCUT2D eigenvalue weighted by atomic mass is 79.9. The van der Waals surface area contributed by atoms with Gasteiger partial charge in [0.05, 0.1) is 0 Å². The summed E-state index contributed by atoms with van der Waals surface area (Å²) in [4.78, 5) is 14.1. The van der Waals surface area contributed by atoms with Crippen molar-refractivity contribution in [3.8, 4) is 0 Å². The smallest absolute Gasteiger partial charge is 0.225 e. The molecule has 0 aromatic heterocycles. The Hall–Kier alpha value is -0.0500. The van der Waals surface area contributed by atoms with Crippen LogP contribution in [0.1, 0.15) is 39.5 Å². The minimum atomic E-state index is 0.208. The Labute approximate surface area is 95.2 Å². The maximum atomic E-state index is 12.0.